The van der Waals surface area contributed by atoms with Crippen LogP contribution in [0.1, 0.15) is 30.4 Å². The van der Waals surface area contributed by atoms with Crippen molar-refractivity contribution in [2.24, 2.45) is 0 Å². The lowest BCUT2D eigenvalue weighted by Gasteiger charge is -2.27. The first-order valence-electron chi connectivity index (χ1n) is 14.9. The highest BCUT2D eigenvalue weighted by Gasteiger charge is 2.33. The van der Waals surface area contributed by atoms with Crippen LogP contribution in [0.25, 0.3) is 22.2 Å². The molecule has 10 nitrogen and oxygen atoms in total. The summed E-state index contributed by atoms with van der Waals surface area (Å²) < 4.78 is 44.1. The van der Waals surface area contributed by atoms with E-state index in [-0.39, 0.29) is 29.4 Å². The molecule has 6 rings (SSSR count). The zero-order valence-corrected chi connectivity index (χ0v) is 25.9. The number of nitrogens with zero attached hydrogens (tertiary/aromatic N) is 5. The third kappa shape index (κ3) is 6.07. The van der Waals surface area contributed by atoms with Crippen molar-refractivity contribution < 1.29 is 23.0 Å². The van der Waals surface area contributed by atoms with Crippen LogP contribution in [0.4, 0.5) is 31.8 Å². The molecule has 3 heterocycles. The van der Waals surface area contributed by atoms with Gasteiger partial charge in [-0.2, -0.15) is 0 Å². The quantitative estimate of drug-likeness (QED) is 0.196. The normalized spacial score (nSPS) is 14.8. The van der Waals surface area contributed by atoms with E-state index in [9.17, 15) is 4.79 Å². The Morgan fingerprint density at radius 3 is 2.60 bits per heavy atom. The Kier molecular flexibility index (Phi) is 8.43. The fraction of sp³-hybridized carbons (Fsp3) is 0.364. The number of amides is 1. The largest absolute Gasteiger partial charge is 0.494 e. The number of methoxy groups -OCH3 is 1. The van der Waals surface area contributed by atoms with Crippen molar-refractivity contribution in [1.29, 1.82) is 0 Å². The van der Waals surface area contributed by atoms with Crippen molar-refractivity contribution in [1.82, 2.24) is 19.4 Å². The van der Waals surface area contributed by atoms with Gasteiger partial charge in [-0.3, -0.25) is 4.79 Å². The molecule has 0 atom stereocenters. The van der Waals surface area contributed by atoms with E-state index >= 15 is 8.78 Å². The van der Waals surface area contributed by atoms with Crippen molar-refractivity contribution in [3.05, 3.63) is 66.5 Å². The van der Waals surface area contributed by atoms with Crippen molar-refractivity contribution in [2.75, 3.05) is 70.1 Å². The second-order valence-electron chi connectivity index (χ2n) is 11.8. The molecule has 2 aliphatic rings. The van der Waals surface area contributed by atoms with Gasteiger partial charge in [0.2, 0.25) is 11.9 Å². The monoisotopic (exact) mass is 617 g/mol. The van der Waals surface area contributed by atoms with E-state index in [2.05, 4.69) is 27.1 Å². The number of fused-ring (bicyclic) bond motifs is 1. The van der Waals surface area contributed by atoms with Crippen LogP contribution < -0.4 is 20.3 Å². The summed E-state index contributed by atoms with van der Waals surface area (Å²) in [4.78, 5) is 25.6. The molecule has 1 saturated heterocycles. The van der Waals surface area contributed by atoms with Gasteiger partial charge in [0.15, 0.2) is 5.82 Å². The highest BCUT2D eigenvalue weighted by molar-refractivity contribution is 6.02. The Morgan fingerprint density at radius 1 is 1.18 bits per heavy atom. The SMILES string of the molecule is C=CC(=O)Nc1cc(Nc2nccc(-c3cn(C4CC4)c4c(F)c(C5COC5)c(F)cc34)n2)c(OC)cc1N(C)CCN(C)C. The van der Waals surface area contributed by atoms with Gasteiger partial charge in [-0.15, -0.1) is 0 Å². The van der Waals surface area contributed by atoms with Gasteiger partial charge in [0.25, 0.3) is 0 Å². The average Bonchev–Trinajstić information content (AvgIpc) is 3.77. The number of nitrogens with one attached hydrogen (secondary N) is 2. The fourth-order valence-corrected chi connectivity index (χ4v) is 5.57. The molecule has 2 fully saturated rings. The van der Waals surface area contributed by atoms with Crippen LogP contribution in [0, 0.1) is 11.6 Å². The van der Waals surface area contributed by atoms with E-state index in [4.69, 9.17) is 14.5 Å². The maximum absolute atomic E-state index is 15.9. The molecule has 4 aromatic rings. The van der Waals surface area contributed by atoms with Gasteiger partial charge in [0.1, 0.15) is 11.6 Å². The van der Waals surface area contributed by atoms with Crippen LogP contribution >= 0.6 is 0 Å². The number of likely N-dealkylation sites (N-methyl/N-ethyl adjacent to an activating group) is 2. The molecule has 45 heavy (non-hydrogen) atoms. The average molecular weight is 618 g/mol. The second-order valence-corrected chi connectivity index (χ2v) is 11.8. The topological polar surface area (TPSA) is 96.8 Å². The predicted octanol–water partition coefficient (Wildman–Crippen LogP) is 5.70. The first-order chi connectivity index (χ1) is 21.7. The first kappa shape index (κ1) is 30.5. The lowest BCUT2D eigenvalue weighted by Crippen LogP contribution is -2.29. The zero-order chi connectivity index (χ0) is 31.8. The lowest BCUT2D eigenvalue weighted by molar-refractivity contribution is -0.111. The van der Waals surface area contributed by atoms with Gasteiger partial charge >= 0.3 is 0 Å². The predicted molar refractivity (Wildman–Crippen MR) is 172 cm³/mol. The highest BCUT2D eigenvalue weighted by Crippen LogP contribution is 2.44. The van der Waals surface area contributed by atoms with E-state index in [1.54, 1.807) is 25.4 Å². The van der Waals surface area contributed by atoms with Gasteiger partial charge in [-0.25, -0.2) is 18.7 Å². The molecule has 0 spiro atoms. The summed E-state index contributed by atoms with van der Waals surface area (Å²) in [6.45, 7) is 5.71. The van der Waals surface area contributed by atoms with Crippen molar-refractivity contribution >= 4 is 39.8 Å². The Hall–Kier alpha value is -4.55. The summed E-state index contributed by atoms with van der Waals surface area (Å²) in [6.07, 6.45) is 6.53. The lowest BCUT2D eigenvalue weighted by atomic mass is 9.94. The summed E-state index contributed by atoms with van der Waals surface area (Å²) >= 11 is 0. The third-order valence-corrected chi connectivity index (χ3v) is 8.26. The number of anilines is 4. The Morgan fingerprint density at radius 2 is 1.96 bits per heavy atom. The summed E-state index contributed by atoms with van der Waals surface area (Å²) in [6, 6.07) is 6.89. The Balaban J connectivity index is 1.38. The maximum Gasteiger partial charge on any atom is 0.247 e. The van der Waals surface area contributed by atoms with Gasteiger partial charge in [0.05, 0.1) is 48.6 Å². The molecule has 1 saturated carbocycles. The van der Waals surface area contributed by atoms with Crippen LogP contribution in [0.5, 0.6) is 5.75 Å². The number of carbonyl (C=O) groups is 1. The highest BCUT2D eigenvalue weighted by atomic mass is 19.1. The number of rotatable bonds is 12. The number of aromatic nitrogens is 3. The zero-order valence-electron chi connectivity index (χ0n) is 25.9. The standard InChI is InChI=1S/C33H37F2N7O3/c1-6-29(43)37-25-14-26(28(44-5)15-27(25)41(4)12-11-40(2)3)39-33-36-10-9-24(38-33)22-16-42(20-7-8-20)32-21(22)13-23(34)30(31(32)35)19-17-45-18-19/h6,9-10,13-16,19-20H,1,7-8,11-12,17-18H2,2-5H3,(H,37,43)(H,36,38,39). The number of ether oxygens (including phenoxy) is 2. The van der Waals surface area contributed by atoms with Crippen LogP contribution in [-0.4, -0.2) is 79.9 Å². The third-order valence-electron chi connectivity index (χ3n) is 8.26. The van der Waals surface area contributed by atoms with Crippen LogP contribution in [-0.2, 0) is 9.53 Å². The van der Waals surface area contributed by atoms with Crippen molar-refractivity contribution in [3.63, 3.8) is 0 Å². The minimum Gasteiger partial charge on any atom is -0.494 e. The van der Waals surface area contributed by atoms with Crippen LogP contribution in [0.3, 0.4) is 0 Å². The van der Waals surface area contributed by atoms with E-state index < -0.39 is 11.6 Å². The van der Waals surface area contributed by atoms with Crippen LogP contribution in [0.15, 0.2) is 49.3 Å². The molecular weight excluding hydrogens is 580 g/mol. The Bertz CT molecular complexity index is 1770. The molecule has 1 aliphatic carbocycles. The van der Waals surface area contributed by atoms with Crippen molar-refractivity contribution in [3.8, 4) is 17.0 Å². The number of benzene rings is 2. The summed E-state index contributed by atoms with van der Waals surface area (Å²) in [5, 5.41) is 6.56. The first-order valence-corrected chi connectivity index (χ1v) is 14.9. The number of carbonyl (C=O) groups excluding carboxylic acids is 1. The minimum absolute atomic E-state index is 0.0904. The molecule has 12 heteroatoms. The maximum atomic E-state index is 15.9. The summed E-state index contributed by atoms with van der Waals surface area (Å²) in [5.74, 6) is -0.994. The molecule has 0 bridgehead atoms. The molecule has 2 aromatic carbocycles. The van der Waals surface area contributed by atoms with Gasteiger partial charge in [0, 0.05) is 67.1 Å². The number of halogens is 2. The molecule has 236 valence electrons. The number of hydrogen-bond acceptors (Lipinski definition) is 8. The molecule has 0 unspecified atom stereocenters. The molecular formula is C33H37F2N7O3. The van der Waals surface area contributed by atoms with Gasteiger partial charge < -0.3 is 34.5 Å². The Labute approximate surface area is 260 Å². The molecule has 1 amide bonds. The van der Waals surface area contributed by atoms with E-state index in [1.807, 2.05) is 42.9 Å². The summed E-state index contributed by atoms with van der Waals surface area (Å²) in [7, 11) is 7.49. The molecule has 1 aliphatic heterocycles. The fourth-order valence-electron chi connectivity index (χ4n) is 5.57. The van der Waals surface area contributed by atoms with Crippen LogP contribution in [0.2, 0.25) is 0 Å². The van der Waals surface area contributed by atoms with E-state index in [0.29, 0.717) is 59.0 Å². The molecule has 2 N–H and O–H groups in total. The molecule has 0 radical (unpaired) electrons. The minimum atomic E-state index is -0.579. The summed E-state index contributed by atoms with van der Waals surface area (Å²) in [5.41, 5.74) is 3.42. The molecule has 2 aromatic heterocycles. The van der Waals surface area contributed by atoms with Crippen molar-refractivity contribution in [2.45, 2.75) is 24.8 Å². The van der Waals surface area contributed by atoms with Gasteiger partial charge in [-0.1, -0.05) is 6.58 Å². The smallest absolute Gasteiger partial charge is 0.247 e. The van der Waals surface area contributed by atoms with E-state index in [1.165, 1.54) is 12.1 Å². The van der Waals surface area contributed by atoms with E-state index in [0.717, 1.165) is 25.1 Å². The second kappa shape index (κ2) is 12.4. The number of hydrogen-bond donors (Lipinski definition) is 2. The van der Waals surface area contributed by atoms with Gasteiger partial charge in [-0.05, 0) is 51.2 Å².